The summed E-state index contributed by atoms with van der Waals surface area (Å²) in [6.45, 7) is 1.62. The first kappa shape index (κ1) is 25.6. The number of nitrogens with zero attached hydrogens (tertiary/aromatic N) is 2. The molecule has 2 aromatic rings. The predicted molar refractivity (Wildman–Crippen MR) is 114 cm³/mol. The highest BCUT2D eigenvalue weighted by atomic mass is 35.5. The first-order chi connectivity index (χ1) is 15.4. The average Bonchev–Trinajstić information content (AvgIpc) is 2.72. The molecule has 1 aliphatic heterocycles. The first-order valence-electron chi connectivity index (χ1n) is 10.0. The van der Waals surface area contributed by atoms with Gasteiger partial charge in [-0.05, 0) is 42.3 Å². The minimum atomic E-state index is -4.67. The molecule has 1 aliphatic rings. The Hall–Kier alpha value is -1.97. The second-order valence-corrected chi connectivity index (χ2v) is 8.58. The first-order valence-corrected chi connectivity index (χ1v) is 10.9. The van der Waals surface area contributed by atoms with E-state index in [1.54, 1.807) is 0 Å². The smallest absolute Gasteiger partial charge is 0.333 e. The molecule has 3 nitrogen and oxygen atoms in total. The van der Waals surface area contributed by atoms with Gasteiger partial charge in [-0.2, -0.15) is 26.3 Å². The van der Waals surface area contributed by atoms with E-state index in [-0.39, 0.29) is 23.6 Å². The van der Waals surface area contributed by atoms with Crippen LogP contribution in [0.15, 0.2) is 42.5 Å². The lowest BCUT2D eigenvalue weighted by Crippen LogP contribution is -2.56. The lowest BCUT2D eigenvalue weighted by Gasteiger charge is -2.41. The van der Waals surface area contributed by atoms with Gasteiger partial charge >= 0.3 is 12.4 Å². The fourth-order valence-electron chi connectivity index (χ4n) is 3.83. The van der Waals surface area contributed by atoms with E-state index in [0.29, 0.717) is 31.1 Å². The zero-order chi connectivity index (χ0) is 24.4. The highest BCUT2D eigenvalue weighted by Crippen LogP contribution is 2.33. The molecule has 0 aliphatic carbocycles. The van der Waals surface area contributed by atoms with Crippen molar-refractivity contribution in [3.8, 4) is 0 Å². The number of rotatable bonds is 5. The van der Waals surface area contributed by atoms with Crippen molar-refractivity contribution in [3.05, 3.63) is 69.7 Å². The van der Waals surface area contributed by atoms with Crippen molar-refractivity contribution >= 4 is 29.1 Å². The van der Waals surface area contributed by atoms with Gasteiger partial charge in [-0.15, -0.1) is 11.6 Å². The summed E-state index contributed by atoms with van der Waals surface area (Å²) in [6.07, 6.45) is -8.90. The maximum atomic E-state index is 13.2. The fraction of sp³-hybridized carbons (Fsp3) is 0.409. The predicted octanol–water partition coefficient (Wildman–Crippen LogP) is 5.99. The number of carbonyl (C=O) groups is 1. The van der Waals surface area contributed by atoms with Gasteiger partial charge < -0.3 is 4.90 Å². The zero-order valence-corrected chi connectivity index (χ0v) is 18.7. The summed E-state index contributed by atoms with van der Waals surface area (Å²) in [5.74, 6) is -0.269. The van der Waals surface area contributed by atoms with Gasteiger partial charge in [-0.3, -0.25) is 9.69 Å². The molecule has 2 aromatic carbocycles. The molecule has 1 amide bonds. The molecule has 1 saturated heterocycles. The Morgan fingerprint density at radius 1 is 0.939 bits per heavy atom. The maximum Gasteiger partial charge on any atom is 0.416 e. The molecule has 0 spiro atoms. The summed E-state index contributed by atoms with van der Waals surface area (Å²) in [5, 5.41) is -0.215. The Bertz CT molecular complexity index is 978. The van der Waals surface area contributed by atoms with Gasteiger partial charge in [0.1, 0.15) is 0 Å². The van der Waals surface area contributed by atoms with Crippen LogP contribution >= 0.6 is 23.2 Å². The second kappa shape index (κ2) is 10.1. The summed E-state index contributed by atoms with van der Waals surface area (Å²) < 4.78 is 78.1. The highest BCUT2D eigenvalue weighted by Gasteiger charge is 2.35. The number of hydrogen-bond donors (Lipinski definition) is 0. The molecule has 1 fully saturated rings. The van der Waals surface area contributed by atoms with E-state index in [2.05, 4.69) is 0 Å². The maximum absolute atomic E-state index is 13.2. The second-order valence-electron chi connectivity index (χ2n) is 7.77. The molecule has 3 rings (SSSR count). The number of piperazine rings is 1. The van der Waals surface area contributed by atoms with Crippen molar-refractivity contribution in [2.75, 3.05) is 32.1 Å². The third-order valence-electron chi connectivity index (χ3n) is 5.45. The van der Waals surface area contributed by atoms with Gasteiger partial charge in [-0.25, -0.2) is 0 Å². The quantitative estimate of drug-likeness (QED) is 0.363. The molecular weight excluding hydrogens is 493 g/mol. The Morgan fingerprint density at radius 2 is 1.58 bits per heavy atom. The van der Waals surface area contributed by atoms with Crippen molar-refractivity contribution < 1.29 is 31.1 Å². The minimum absolute atomic E-state index is 0.196. The van der Waals surface area contributed by atoms with Crippen molar-refractivity contribution in [1.82, 2.24) is 9.80 Å². The van der Waals surface area contributed by atoms with Crippen LogP contribution < -0.4 is 0 Å². The van der Waals surface area contributed by atoms with Crippen LogP contribution in [0.5, 0.6) is 0 Å². The topological polar surface area (TPSA) is 23.6 Å². The number of amides is 1. The third kappa shape index (κ3) is 6.55. The van der Waals surface area contributed by atoms with Gasteiger partial charge in [0.05, 0.1) is 11.1 Å². The average molecular weight is 513 g/mol. The normalized spacial score (nSPS) is 17.9. The molecule has 0 N–H and O–H groups in total. The van der Waals surface area contributed by atoms with E-state index < -0.39 is 35.4 Å². The summed E-state index contributed by atoms with van der Waals surface area (Å²) in [5.41, 5.74) is -1.44. The molecule has 11 heteroatoms. The van der Waals surface area contributed by atoms with Gasteiger partial charge in [0, 0.05) is 48.7 Å². The van der Waals surface area contributed by atoms with E-state index in [9.17, 15) is 31.1 Å². The van der Waals surface area contributed by atoms with Crippen LogP contribution in [0, 0.1) is 0 Å². The van der Waals surface area contributed by atoms with Crippen LogP contribution in [0.3, 0.4) is 0 Å². The summed E-state index contributed by atoms with van der Waals surface area (Å²) in [7, 11) is 0. The van der Waals surface area contributed by atoms with Crippen molar-refractivity contribution in [3.63, 3.8) is 0 Å². The van der Waals surface area contributed by atoms with E-state index in [4.69, 9.17) is 23.2 Å². The van der Waals surface area contributed by atoms with Crippen LogP contribution in [0.1, 0.15) is 27.0 Å². The Kier molecular flexibility index (Phi) is 7.86. The van der Waals surface area contributed by atoms with Crippen molar-refractivity contribution in [2.45, 2.75) is 24.8 Å². The van der Waals surface area contributed by atoms with E-state index in [1.165, 1.54) is 23.1 Å². The van der Waals surface area contributed by atoms with Crippen LogP contribution in [0.4, 0.5) is 26.3 Å². The van der Waals surface area contributed by atoms with Crippen molar-refractivity contribution in [2.24, 2.45) is 0 Å². The number of hydrogen-bond acceptors (Lipinski definition) is 2. The largest absolute Gasteiger partial charge is 0.416 e. The van der Waals surface area contributed by atoms with E-state index in [1.807, 2.05) is 4.90 Å². The minimum Gasteiger partial charge on any atom is -0.333 e. The Labute approximate surface area is 196 Å². The summed E-state index contributed by atoms with van der Waals surface area (Å²) in [4.78, 5) is 16.6. The van der Waals surface area contributed by atoms with Gasteiger partial charge in [0.2, 0.25) is 0 Å². The lowest BCUT2D eigenvalue weighted by atomic mass is 9.99. The molecule has 0 radical (unpaired) electrons. The molecular formula is C22H20Cl2F6N2O. The molecule has 0 bridgehead atoms. The molecule has 0 unspecified atom stereocenters. The van der Waals surface area contributed by atoms with Crippen LogP contribution in [0.25, 0.3) is 0 Å². The standard InChI is InChI=1S/C22H20Cl2F6N2O/c23-5-6-31-7-8-32(20(33)15-10-17(22(28,29)30)12-18(24)11-15)19(13-31)9-14-1-3-16(4-2-14)21(25,26)27/h1-4,10-12,19H,5-9,13H2/t19-/m1/s1. The van der Waals surface area contributed by atoms with Crippen LogP contribution in [0.2, 0.25) is 5.02 Å². The molecule has 0 aromatic heterocycles. The number of benzene rings is 2. The fourth-order valence-corrected chi connectivity index (χ4v) is 4.30. The molecule has 0 saturated carbocycles. The van der Waals surface area contributed by atoms with Crippen LogP contribution in [-0.2, 0) is 18.8 Å². The molecule has 33 heavy (non-hydrogen) atoms. The molecule has 1 heterocycles. The van der Waals surface area contributed by atoms with Gasteiger partial charge in [0.15, 0.2) is 0 Å². The highest BCUT2D eigenvalue weighted by molar-refractivity contribution is 6.31. The lowest BCUT2D eigenvalue weighted by molar-refractivity contribution is -0.138. The Balaban J connectivity index is 1.87. The number of alkyl halides is 7. The Morgan fingerprint density at radius 3 is 2.15 bits per heavy atom. The number of carbonyl (C=O) groups excluding carboxylic acids is 1. The van der Waals surface area contributed by atoms with E-state index >= 15 is 0 Å². The number of halogens is 8. The van der Waals surface area contributed by atoms with Gasteiger partial charge in [-0.1, -0.05) is 23.7 Å². The van der Waals surface area contributed by atoms with E-state index in [0.717, 1.165) is 24.3 Å². The molecule has 1 atom stereocenters. The summed E-state index contributed by atoms with van der Waals surface area (Å²) >= 11 is 11.7. The monoisotopic (exact) mass is 512 g/mol. The van der Waals surface area contributed by atoms with Crippen LogP contribution in [-0.4, -0.2) is 53.8 Å². The molecule has 180 valence electrons. The SMILES string of the molecule is O=C(c1cc(Cl)cc(C(F)(F)F)c1)N1CCN(CCCl)C[C@H]1Cc1ccc(C(F)(F)F)cc1. The third-order valence-corrected chi connectivity index (χ3v) is 5.84. The summed E-state index contributed by atoms with van der Waals surface area (Å²) in [6, 6.07) is 6.82. The van der Waals surface area contributed by atoms with Crippen molar-refractivity contribution in [1.29, 1.82) is 0 Å². The van der Waals surface area contributed by atoms with Gasteiger partial charge in [0.25, 0.3) is 5.91 Å². The zero-order valence-electron chi connectivity index (χ0n) is 17.2.